The molecule has 1 amide bonds. The number of nitrogens with one attached hydrogen (secondary N) is 1. The van der Waals surface area contributed by atoms with Crippen LogP contribution in [0, 0.1) is 0 Å². The highest BCUT2D eigenvalue weighted by atomic mass is 35.5. The van der Waals surface area contributed by atoms with Gasteiger partial charge in [0.1, 0.15) is 6.17 Å². The van der Waals surface area contributed by atoms with Gasteiger partial charge in [-0.15, -0.1) is 10.2 Å². The first kappa shape index (κ1) is 21.8. The minimum Gasteiger partial charge on any atom is -0.350 e. The number of thioether (sulfide) groups is 1. The number of amides is 1. The van der Waals surface area contributed by atoms with Crippen molar-refractivity contribution in [1.29, 1.82) is 0 Å². The molecule has 3 aromatic carbocycles. The largest absolute Gasteiger partial charge is 0.350 e. The van der Waals surface area contributed by atoms with E-state index in [0.717, 1.165) is 22.6 Å². The zero-order valence-corrected chi connectivity index (χ0v) is 19.9. The third kappa shape index (κ3) is 4.31. The van der Waals surface area contributed by atoms with Crippen LogP contribution in [-0.4, -0.2) is 33.5 Å². The summed E-state index contributed by atoms with van der Waals surface area (Å²) in [6, 6.07) is 22.9. The van der Waals surface area contributed by atoms with E-state index in [1.807, 2.05) is 49.5 Å². The van der Waals surface area contributed by atoms with Crippen LogP contribution < -0.4 is 10.2 Å². The Bertz CT molecular complexity index is 1310. The van der Waals surface area contributed by atoms with Crippen molar-refractivity contribution in [2.75, 3.05) is 23.0 Å². The second-order valence-corrected chi connectivity index (χ2v) is 9.39. The van der Waals surface area contributed by atoms with E-state index in [0.29, 0.717) is 20.9 Å². The number of hydrogen-bond acceptors (Lipinski definition) is 5. The van der Waals surface area contributed by atoms with E-state index in [1.54, 1.807) is 24.3 Å². The summed E-state index contributed by atoms with van der Waals surface area (Å²) in [7, 11) is 2.04. The number of halogens is 2. The molecule has 1 unspecified atom stereocenters. The fourth-order valence-corrected chi connectivity index (χ4v) is 4.93. The molecular weight excluding hydrogens is 477 g/mol. The fraction of sp³-hybridized carbons (Fsp3) is 0.125. The van der Waals surface area contributed by atoms with Crippen LogP contribution in [0.2, 0.25) is 10.0 Å². The number of benzene rings is 3. The molecule has 4 aromatic rings. The highest BCUT2D eigenvalue weighted by Crippen LogP contribution is 2.43. The molecule has 0 saturated carbocycles. The maximum Gasteiger partial charge on any atom is 0.234 e. The number of fused-ring (bicyclic) bond motifs is 3. The summed E-state index contributed by atoms with van der Waals surface area (Å²) in [5, 5.41) is 13.8. The number of anilines is 2. The molecule has 33 heavy (non-hydrogen) atoms. The molecule has 0 fully saturated rings. The Morgan fingerprint density at radius 1 is 0.970 bits per heavy atom. The van der Waals surface area contributed by atoms with Crippen LogP contribution in [-0.2, 0) is 4.79 Å². The summed E-state index contributed by atoms with van der Waals surface area (Å²) in [4.78, 5) is 14.8. The molecule has 1 aromatic heterocycles. The van der Waals surface area contributed by atoms with Gasteiger partial charge in [-0.1, -0.05) is 59.2 Å². The van der Waals surface area contributed by atoms with Crippen molar-refractivity contribution in [3.8, 4) is 11.4 Å². The third-order valence-electron chi connectivity index (χ3n) is 5.43. The molecule has 1 aliphatic heterocycles. The van der Waals surface area contributed by atoms with E-state index < -0.39 is 0 Å². The van der Waals surface area contributed by atoms with E-state index in [9.17, 15) is 4.79 Å². The van der Waals surface area contributed by atoms with Crippen molar-refractivity contribution in [3.63, 3.8) is 0 Å². The second kappa shape index (κ2) is 9.09. The Labute approximate surface area is 205 Å². The van der Waals surface area contributed by atoms with Crippen LogP contribution in [0.15, 0.2) is 78.0 Å². The smallest absolute Gasteiger partial charge is 0.234 e. The zero-order valence-electron chi connectivity index (χ0n) is 17.6. The molecule has 6 nitrogen and oxygen atoms in total. The Morgan fingerprint density at radius 3 is 2.36 bits per heavy atom. The lowest BCUT2D eigenvalue weighted by Gasteiger charge is -2.37. The third-order valence-corrected chi connectivity index (χ3v) is 6.88. The Morgan fingerprint density at radius 2 is 1.64 bits per heavy atom. The van der Waals surface area contributed by atoms with Gasteiger partial charge in [-0.05, 0) is 54.1 Å². The molecule has 1 N–H and O–H groups in total. The zero-order chi connectivity index (χ0) is 22.9. The summed E-state index contributed by atoms with van der Waals surface area (Å²) in [6.45, 7) is 0. The molecular formula is C24H19Cl2N5OS. The summed E-state index contributed by atoms with van der Waals surface area (Å²) in [5.74, 6) is 0.830. The van der Waals surface area contributed by atoms with Crippen molar-refractivity contribution < 1.29 is 4.79 Å². The van der Waals surface area contributed by atoms with Gasteiger partial charge >= 0.3 is 0 Å². The SMILES string of the molecule is CN1c2ccccc2-c2nnc(SCC(=O)Nc3ccc(Cl)cc3)n2C1c1ccc(Cl)cc1. The van der Waals surface area contributed by atoms with Gasteiger partial charge in [0, 0.05) is 34.0 Å². The van der Waals surface area contributed by atoms with Crippen molar-refractivity contribution >= 4 is 52.2 Å². The van der Waals surface area contributed by atoms with Gasteiger partial charge < -0.3 is 10.2 Å². The van der Waals surface area contributed by atoms with Crippen molar-refractivity contribution in [2.24, 2.45) is 0 Å². The molecule has 0 radical (unpaired) electrons. The van der Waals surface area contributed by atoms with Gasteiger partial charge in [-0.2, -0.15) is 0 Å². The quantitative estimate of drug-likeness (QED) is 0.345. The monoisotopic (exact) mass is 495 g/mol. The number of hydrogen-bond donors (Lipinski definition) is 1. The van der Waals surface area contributed by atoms with Crippen LogP contribution >= 0.6 is 35.0 Å². The molecule has 1 atom stereocenters. The standard InChI is InChI=1S/C24H19Cl2N5OS/c1-30-20-5-3-2-4-19(20)22-28-29-24(31(22)23(30)15-6-8-16(25)9-7-15)33-14-21(32)27-18-12-10-17(26)11-13-18/h2-13,23H,14H2,1H3,(H,27,32). The van der Waals surface area contributed by atoms with E-state index in [4.69, 9.17) is 23.2 Å². The van der Waals surface area contributed by atoms with Crippen LogP contribution in [0.5, 0.6) is 0 Å². The molecule has 166 valence electrons. The highest BCUT2D eigenvalue weighted by molar-refractivity contribution is 7.99. The van der Waals surface area contributed by atoms with Crippen LogP contribution in [0.1, 0.15) is 11.7 Å². The van der Waals surface area contributed by atoms with Gasteiger partial charge in [0.2, 0.25) is 5.91 Å². The minimum absolute atomic E-state index is 0.132. The van der Waals surface area contributed by atoms with E-state index in [-0.39, 0.29) is 17.8 Å². The van der Waals surface area contributed by atoms with Gasteiger partial charge in [0.05, 0.1) is 5.75 Å². The number of carbonyl (C=O) groups is 1. The second-order valence-electron chi connectivity index (χ2n) is 7.57. The lowest BCUT2D eigenvalue weighted by molar-refractivity contribution is -0.113. The van der Waals surface area contributed by atoms with Gasteiger partial charge in [-0.3, -0.25) is 9.36 Å². The highest BCUT2D eigenvalue weighted by Gasteiger charge is 2.33. The minimum atomic E-state index is -0.177. The van der Waals surface area contributed by atoms with Gasteiger partial charge in [0.25, 0.3) is 0 Å². The molecule has 1 aliphatic rings. The number of rotatable bonds is 5. The number of para-hydroxylation sites is 1. The maximum atomic E-state index is 12.6. The van der Waals surface area contributed by atoms with E-state index >= 15 is 0 Å². The molecule has 0 spiro atoms. The summed E-state index contributed by atoms with van der Waals surface area (Å²) in [5.41, 5.74) is 3.80. The summed E-state index contributed by atoms with van der Waals surface area (Å²) in [6.07, 6.45) is -0.177. The average molecular weight is 496 g/mol. The molecule has 2 heterocycles. The normalized spacial score (nSPS) is 14.5. The number of nitrogens with zero attached hydrogens (tertiary/aromatic N) is 4. The van der Waals surface area contributed by atoms with E-state index in [2.05, 4.69) is 31.0 Å². The fourth-order valence-electron chi connectivity index (χ4n) is 3.92. The predicted molar refractivity (Wildman–Crippen MR) is 134 cm³/mol. The topological polar surface area (TPSA) is 63.1 Å². The summed E-state index contributed by atoms with van der Waals surface area (Å²) < 4.78 is 2.08. The van der Waals surface area contributed by atoms with Crippen LogP contribution in [0.25, 0.3) is 11.4 Å². The van der Waals surface area contributed by atoms with Crippen molar-refractivity contribution in [3.05, 3.63) is 88.4 Å². The summed E-state index contributed by atoms with van der Waals surface area (Å²) >= 11 is 13.4. The molecule has 0 saturated heterocycles. The molecule has 5 rings (SSSR count). The Hall–Kier alpha value is -3.00. The number of aromatic nitrogens is 3. The van der Waals surface area contributed by atoms with Gasteiger partial charge in [-0.25, -0.2) is 0 Å². The predicted octanol–water partition coefficient (Wildman–Crippen LogP) is 5.98. The van der Waals surface area contributed by atoms with Gasteiger partial charge in [0.15, 0.2) is 11.0 Å². The van der Waals surface area contributed by atoms with Crippen LogP contribution in [0.3, 0.4) is 0 Å². The lowest BCUT2D eigenvalue weighted by Crippen LogP contribution is -2.34. The van der Waals surface area contributed by atoms with Crippen molar-refractivity contribution in [2.45, 2.75) is 11.3 Å². The first-order valence-corrected chi connectivity index (χ1v) is 12.0. The van der Waals surface area contributed by atoms with E-state index in [1.165, 1.54) is 11.8 Å². The first-order valence-electron chi connectivity index (χ1n) is 10.2. The lowest BCUT2D eigenvalue weighted by atomic mass is 10.0. The van der Waals surface area contributed by atoms with Crippen LogP contribution in [0.4, 0.5) is 11.4 Å². The maximum absolute atomic E-state index is 12.6. The molecule has 9 heteroatoms. The molecule has 0 aliphatic carbocycles. The Balaban J connectivity index is 1.46. The average Bonchev–Trinajstić information content (AvgIpc) is 3.24. The molecule has 0 bridgehead atoms. The Kier molecular flexibility index (Phi) is 6.01. The van der Waals surface area contributed by atoms with Crippen molar-refractivity contribution in [1.82, 2.24) is 14.8 Å². The number of carbonyl (C=O) groups excluding carboxylic acids is 1. The first-order chi connectivity index (χ1) is 16.0.